The summed E-state index contributed by atoms with van der Waals surface area (Å²) in [6.45, 7) is 4.76. The van der Waals surface area contributed by atoms with Crippen molar-refractivity contribution in [2.45, 2.75) is 51.2 Å². The normalized spacial score (nSPS) is 21.7. The average Bonchev–Trinajstić information content (AvgIpc) is 3.00. The fourth-order valence-electron chi connectivity index (χ4n) is 5.94. The van der Waals surface area contributed by atoms with Crippen molar-refractivity contribution in [3.63, 3.8) is 0 Å². The molecular formula is C30H37F2N3O2. The molecular weight excluding hydrogens is 472 g/mol. The number of allylic oxidation sites excluding steroid dienone is 2. The maximum absolute atomic E-state index is 13.7. The second-order valence-electron chi connectivity index (χ2n) is 11.0. The van der Waals surface area contributed by atoms with Gasteiger partial charge in [0.15, 0.2) is 0 Å². The lowest BCUT2D eigenvalue weighted by Gasteiger charge is -2.32. The number of aliphatic hydroxyl groups excluding tert-OH is 1. The number of carbonyl (C=O) groups is 1. The number of likely N-dealkylation sites (N-methyl/N-ethyl adjacent to an activating group) is 1. The molecule has 2 aromatic carbocycles. The van der Waals surface area contributed by atoms with Gasteiger partial charge in [0.2, 0.25) is 5.92 Å². The molecule has 2 aliphatic heterocycles. The van der Waals surface area contributed by atoms with Crippen LogP contribution in [0.25, 0.3) is 5.57 Å². The number of fused-ring (bicyclic) bond motifs is 2. The molecule has 5 nitrogen and oxygen atoms in total. The molecule has 2 unspecified atom stereocenters. The Morgan fingerprint density at radius 1 is 1.05 bits per heavy atom. The van der Waals surface area contributed by atoms with E-state index in [1.54, 1.807) is 4.90 Å². The Hall–Kier alpha value is -2.77. The third-order valence-corrected chi connectivity index (χ3v) is 8.24. The first-order chi connectivity index (χ1) is 17.7. The van der Waals surface area contributed by atoms with Crippen LogP contribution in [0.5, 0.6) is 0 Å². The van der Waals surface area contributed by atoms with Crippen molar-refractivity contribution < 1.29 is 18.7 Å². The Morgan fingerprint density at radius 2 is 1.84 bits per heavy atom. The quantitative estimate of drug-likeness (QED) is 0.606. The Kier molecular flexibility index (Phi) is 7.37. The monoisotopic (exact) mass is 509 g/mol. The molecule has 1 amide bonds. The molecule has 198 valence electrons. The minimum Gasteiger partial charge on any atom is -0.390 e. The molecule has 0 aromatic heterocycles. The van der Waals surface area contributed by atoms with Crippen molar-refractivity contribution in [2.75, 3.05) is 44.7 Å². The molecule has 7 heteroatoms. The summed E-state index contributed by atoms with van der Waals surface area (Å²) in [4.78, 5) is 19.6. The highest BCUT2D eigenvalue weighted by atomic mass is 19.3. The summed E-state index contributed by atoms with van der Waals surface area (Å²) in [6.07, 6.45) is 3.74. The van der Waals surface area contributed by atoms with Crippen LogP contribution in [0, 0.1) is 5.92 Å². The van der Waals surface area contributed by atoms with E-state index in [1.807, 2.05) is 31.3 Å². The zero-order chi connectivity index (χ0) is 26.2. The number of aliphatic hydroxyl groups is 1. The Balaban J connectivity index is 1.25. The van der Waals surface area contributed by atoms with Crippen molar-refractivity contribution >= 4 is 17.2 Å². The van der Waals surface area contributed by atoms with Gasteiger partial charge in [0, 0.05) is 57.9 Å². The minimum atomic E-state index is -2.66. The van der Waals surface area contributed by atoms with Crippen molar-refractivity contribution in [2.24, 2.45) is 5.92 Å². The number of β-amino-alcohol motifs (C(OH)–C–C–N with tert-alkyl or cyclic N) is 1. The van der Waals surface area contributed by atoms with Crippen LogP contribution in [0.2, 0.25) is 0 Å². The zero-order valence-electron chi connectivity index (χ0n) is 21.8. The predicted octanol–water partition coefficient (Wildman–Crippen LogP) is 4.84. The lowest BCUT2D eigenvalue weighted by Crippen LogP contribution is -2.44. The van der Waals surface area contributed by atoms with E-state index < -0.39 is 17.9 Å². The van der Waals surface area contributed by atoms with Gasteiger partial charge >= 0.3 is 0 Å². The summed E-state index contributed by atoms with van der Waals surface area (Å²) in [6, 6.07) is 14.3. The lowest BCUT2D eigenvalue weighted by molar-refractivity contribution is -0.0421. The van der Waals surface area contributed by atoms with Gasteiger partial charge in [0.25, 0.3) is 5.91 Å². The van der Waals surface area contributed by atoms with Crippen molar-refractivity contribution in [3.8, 4) is 0 Å². The number of hydrogen-bond acceptors (Lipinski definition) is 4. The number of amides is 1. The Morgan fingerprint density at radius 3 is 2.57 bits per heavy atom. The predicted molar refractivity (Wildman–Crippen MR) is 143 cm³/mol. The SMILES string of the molecule is CN1CCN(CC(O)CN2CCc3ccccc3C2)C(=O)c2ccc(C3=CCC(C(C)(F)F)CC3)cc21. The van der Waals surface area contributed by atoms with Crippen LogP contribution < -0.4 is 4.90 Å². The molecule has 37 heavy (non-hydrogen) atoms. The van der Waals surface area contributed by atoms with E-state index in [-0.39, 0.29) is 5.91 Å². The van der Waals surface area contributed by atoms with Gasteiger partial charge in [-0.2, -0.15) is 0 Å². The zero-order valence-corrected chi connectivity index (χ0v) is 21.8. The lowest BCUT2D eigenvalue weighted by atomic mass is 9.83. The van der Waals surface area contributed by atoms with Crippen LogP contribution in [-0.4, -0.2) is 72.6 Å². The van der Waals surface area contributed by atoms with Gasteiger partial charge in [0.1, 0.15) is 0 Å². The molecule has 1 aliphatic carbocycles. The van der Waals surface area contributed by atoms with Crippen LogP contribution >= 0.6 is 0 Å². The summed E-state index contributed by atoms with van der Waals surface area (Å²) >= 11 is 0. The molecule has 0 fully saturated rings. The van der Waals surface area contributed by atoms with E-state index in [0.717, 1.165) is 43.3 Å². The second-order valence-corrected chi connectivity index (χ2v) is 11.0. The van der Waals surface area contributed by atoms with E-state index in [4.69, 9.17) is 0 Å². The maximum atomic E-state index is 13.7. The van der Waals surface area contributed by atoms with Gasteiger partial charge in [-0.1, -0.05) is 36.4 Å². The number of rotatable bonds is 6. The smallest absolute Gasteiger partial charge is 0.256 e. The Labute approximate surface area is 218 Å². The minimum absolute atomic E-state index is 0.0720. The highest BCUT2D eigenvalue weighted by Crippen LogP contribution is 2.39. The number of hydrogen-bond donors (Lipinski definition) is 1. The summed E-state index contributed by atoms with van der Waals surface area (Å²) in [5, 5.41) is 10.9. The summed E-state index contributed by atoms with van der Waals surface area (Å²) in [5.74, 6) is -3.34. The number of carbonyl (C=O) groups excluding carboxylic acids is 1. The average molecular weight is 510 g/mol. The number of nitrogens with zero attached hydrogens (tertiary/aromatic N) is 3. The van der Waals surface area contributed by atoms with E-state index in [9.17, 15) is 18.7 Å². The molecule has 0 saturated carbocycles. The summed E-state index contributed by atoms with van der Waals surface area (Å²) < 4.78 is 27.4. The van der Waals surface area contributed by atoms with Crippen LogP contribution in [0.15, 0.2) is 48.5 Å². The van der Waals surface area contributed by atoms with E-state index in [0.29, 0.717) is 51.0 Å². The molecule has 2 atom stereocenters. The molecule has 0 spiro atoms. The van der Waals surface area contributed by atoms with Gasteiger partial charge in [0.05, 0.1) is 11.7 Å². The van der Waals surface area contributed by atoms with Crippen LogP contribution in [-0.2, 0) is 13.0 Å². The standard InChI is InChI=1S/C30H37F2N3O2/c1-30(31,32)25-10-7-22(8-11-25)23-9-12-27-28(17-23)33(2)15-16-35(29(27)37)20-26(36)19-34-14-13-21-5-3-4-6-24(21)18-34/h3-7,9,12,17,25-26,36H,8,10-11,13-16,18-20H2,1-2H3. The first-order valence-electron chi connectivity index (χ1n) is 13.4. The van der Waals surface area contributed by atoms with Gasteiger partial charge in [-0.05, 0) is 67.0 Å². The second kappa shape index (κ2) is 10.5. The van der Waals surface area contributed by atoms with Gasteiger partial charge in [-0.15, -0.1) is 0 Å². The highest BCUT2D eigenvalue weighted by molar-refractivity contribution is 6.01. The van der Waals surface area contributed by atoms with Gasteiger partial charge in [-0.3, -0.25) is 9.69 Å². The molecule has 2 heterocycles. The number of halogens is 2. The fraction of sp³-hybridized carbons (Fsp3) is 0.500. The maximum Gasteiger partial charge on any atom is 0.256 e. The molecule has 0 saturated heterocycles. The van der Waals surface area contributed by atoms with Crippen LogP contribution in [0.4, 0.5) is 14.5 Å². The van der Waals surface area contributed by atoms with Crippen molar-refractivity contribution in [1.29, 1.82) is 0 Å². The third-order valence-electron chi connectivity index (χ3n) is 8.24. The van der Waals surface area contributed by atoms with E-state index in [2.05, 4.69) is 34.1 Å². The largest absolute Gasteiger partial charge is 0.390 e. The molecule has 1 N–H and O–H groups in total. The Bertz CT molecular complexity index is 1180. The highest BCUT2D eigenvalue weighted by Gasteiger charge is 2.35. The van der Waals surface area contributed by atoms with Crippen LogP contribution in [0.1, 0.15) is 53.2 Å². The van der Waals surface area contributed by atoms with Crippen LogP contribution in [0.3, 0.4) is 0 Å². The first kappa shape index (κ1) is 25.9. The first-order valence-corrected chi connectivity index (χ1v) is 13.4. The van der Waals surface area contributed by atoms with Crippen molar-refractivity contribution in [3.05, 3.63) is 70.8 Å². The molecule has 3 aliphatic rings. The summed E-state index contributed by atoms with van der Waals surface area (Å²) in [7, 11) is 1.98. The molecule has 2 aromatic rings. The third kappa shape index (κ3) is 5.73. The number of alkyl halides is 2. The number of anilines is 1. The van der Waals surface area contributed by atoms with Gasteiger partial charge in [-0.25, -0.2) is 8.78 Å². The molecule has 5 rings (SSSR count). The summed E-state index contributed by atoms with van der Waals surface area (Å²) in [5.41, 5.74) is 6.24. The molecule has 0 bridgehead atoms. The van der Waals surface area contributed by atoms with Gasteiger partial charge < -0.3 is 14.9 Å². The number of benzene rings is 2. The van der Waals surface area contributed by atoms with Crippen molar-refractivity contribution in [1.82, 2.24) is 9.80 Å². The molecule has 0 radical (unpaired) electrons. The topological polar surface area (TPSA) is 47.0 Å². The van der Waals surface area contributed by atoms with E-state index >= 15 is 0 Å². The van der Waals surface area contributed by atoms with E-state index in [1.165, 1.54) is 11.1 Å². The fourth-order valence-corrected chi connectivity index (χ4v) is 5.94.